The molecule has 4 atom stereocenters. The van der Waals surface area contributed by atoms with Crippen LogP contribution in [-0.2, 0) is 14.9 Å². The molecule has 92 valence electrons. The maximum Gasteiger partial charge on any atom is 0.265 e. The van der Waals surface area contributed by atoms with Crippen molar-refractivity contribution in [3.63, 3.8) is 0 Å². The molecule has 2 aliphatic carbocycles. The number of hydrogen-bond donors (Lipinski definition) is 1. The van der Waals surface area contributed by atoms with Crippen molar-refractivity contribution >= 4 is 31.8 Å². The number of hydrogen-bond acceptors (Lipinski definition) is 3. The van der Waals surface area contributed by atoms with Gasteiger partial charge in [-0.25, -0.2) is 0 Å². The Labute approximate surface area is 104 Å². The van der Waals surface area contributed by atoms with Crippen LogP contribution in [0.25, 0.3) is 0 Å². The molecule has 16 heavy (non-hydrogen) atoms. The van der Waals surface area contributed by atoms with E-state index in [-0.39, 0.29) is 22.3 Å². The highest BCUT2D eigenvalue weighted by molar-refractivity contribution is 9.10. The highest BCUT2D eigenvalue weighted by atomic mass is 79.9. The van der Waals surface area contributed by atoms with E-state index in [1.54, 1.807) is 6.92 Å². The van der Waals surface area contributed by atoms with E-state index in [9.17, 15) is 13.2 Å². The van der Waals surface area contributed by atoms with Gasteiger partial charge in [0.2, 0.25) is 0 Å². The Hall–Kier alpha value is 0.0600. The zero-order chi connectivity index (χ0) is 12.4. The second kappa shape index (κ2) is 3.29. The molecule has 0 saturated heterocycles. The molecule has 0 heterocycles. The molecule has 2 fully saturated rings. The lowest BCUT2D eigenvalue weighted by molar-refractivity contribution is -0.127. The average Bonchev–Trinajstić information content (AvgIpc) is 2.40. The fourth-order valence-electron chi connectivity index (χ4n) is 3.46. The van der Waals surface area contributed by atoms with E-state index in [0.717, 1.165) is 6.42 Å². The van der Waals surface area contributed by atoms with E-state index >= 15 is 0 Å². The van der Waals surface area contributed by atoms with E-state index in [1.807, 2.05) is 6.92 Å². The molecule has 0 spiro atoms. The number of carbonyl (C=O) groups excluding carboxylic acids is 1. The summed E-state index contributed by atoms with van der Waals surface area (Å²) in [6, 6.07) is 0. The van der Waals surface area contributed by atoms with Gasteiger partial charge in [0, 0.05) is 10.8 Å². The lowest BCUT2D eigenvalue weighted by atomic mass is 9.70. The summed E-state index contributed by atoms with van der Waals surface area (Å²) in [6.45, 7) is 3.62. The first kappa shape index (κ1) is 12.5. The quantitative estimate of drug-likeness (QED) is 0.622. The Morgan fingerprint density at radius 1 is 1.50 bits per heavy atom. The second-order valence-electron chi connectivity index (χ2n) is 5.39. The molecule has 0 unspecified atom stereocenters. The summed E-state index contributed by atoms with van der Waals surface area (Å²) in [4.78, 5) is 11.8. The van der Waals surface area contributed by atoms with Crippen LogP contribution in [0.2, 0.25) is 0 Å². The maximum atomic E-state index is 12.1. The van der Waals surface area contributed by atoms with Crippen LogP contribution in [0.3, 0.4) is 0 Å². The maximum absolute atomic E-state index is 12.1. The summed E-state index contributed by atoms with van der Waals surface area (Å²) in [7, 11) is -4.05. The third-order valence-corrected chi connectivity index (χ3v) is 6.68. The van der Waals surface area contributed by atoms with Crippen LogP contribution >= 0.6 is 15.9 Å². The average molecular weight is 311 g/mol. The van der Waals surface area contributed by atoms with Gasteiger partial charge < -0.3 is 0 Å². The Morgan fingerprint density at radius 2 is 2.06 bits per heavy atom. The number of rotatable bonds is 2. The van der Waals surface area contributed by atoms with Crippen molar-refractivity contribution in [1.82, 2.24) is 0 Å². The Kier molecular flexibility index (Phi) is 2.58. The van der Waals surface area contributed by atoms with Crippen LogP contribution in [-0.4, -0.2) is 29.3 Å². The Balaban J connectivity index is 2.47. The molecule has 0 amide bonds. The SMILES string of the molecule is C[C@]12CC[C@@H]([C@H](Br)C1=O)[C@@]2(C)CS(=O)(=O)O. The number of alkyl halides is 1. The van der Waals surface area contributed by atoms with Crippen LogP contribution in [0.15, 0.2) is 0 Å². The highest BCUT2D eigenvalue weighted by Gasteiger charge is 2.68. The van der Waals surface area contributed by atoms with Gasteiger partial charge in [0.15, 0.2) is 5.78 Å². The first-order chi connectivity index (χ1) is 7.12. The van der Waals surface area contributed by atoms with Gasteiger partial charge in [0.1, 0.15) is 0 Å². The van der Waals surface area contributed by atoms with Crippen molar-refractivity contribution in [3.05, 3.63) is 0 Å². The molecule has 4 nitrogen and oxygen atoms in total. The third-order valence-electron chi connectivity index (χ3n) is 4.66. The molecule has 0 aromatic rings. The van der Waals surface area contributed by atoms with Crippen molar-refractivity contribution in [3.8, 4) is 0 Å². The lowest BCUT2D eigenvalue weighted by Crippen LogP contribution is -2.40. The van der Waals surface area contributed by atoms with Crippen molar-refractivity contribution in [2.45, 2.75) is 31.5 Å². The van der Waals surface area contributed by atoms with Crippen molar-refractivity contribution in [2.24, 2.45) is 16.7 Å². The van der Waals surface area contributed by atoms with Crippen molar-refractivity contribution in [1.29, 1.82) is 0 Å². The molecule has 0 radical (unpaired) electrons. The lowest BCUT2D eigenvalue weighted by Gasteiger charge is -2.35. The van der Waals surface area contributed by atoms with E-state index in [0.29, 0.717) is 6.42 Å². The summed E-state index contributed by atoms with van der Waals surface area (Å²) in [5.74, 6) is -0.239. The molecule has 2 rings (SSSR count). The summed E-state index contributed by atoms with van der Waals surface area (Å²) in [5, 5.41) is 0. The monoisotopic (exact) mass is 310 g/mol. The Bertz CT molecular complexity index is 446. The molecule has 6 heteroatoms. The van der Waals surface area contributed by atoms with Gasteiger partial charge in [0.25, 0.3) is 10.1 Å². The van der Waals surface area contributed by atoms with Gasteiger partial charge in [-0.1, -0.05) is 29.8 Å². The predicted octanol–water partition coefficient (Wildman–Crippen LogP) is 1.64. The minimum absolute atomic E-state index is 0.00641. The topological polar surface area (TPSA) is 71.4 Å². The van der Waals surface area contributed by atoms with Gasteiger partial charge in [-0.3, -0.25) is 9.35 Å². The number of halogens is 1. The van der Waals surface area contributed by atoms with E-state index in [2.05, 4.69) is 15.9 Å². The fourth-order valence-corrected chi connectivity index (χ4v) is 6.11. The van der Waals surface area contributed by atoms with Gasteiger partial charge in [-0.2, -0.15) is 8.42 Å². The van der Waals surface area contributed by atoms with Gasteiger partial charge in [-0.15, -0.1) is 0 Å². The van der Waals surface area contributed by atoms with Crippen LogP contribution in [0, 0.1) is 16.7 Å². The van der Waals surface area contributed by atoms with E-state index < -0.39 is 20.9 Å². The summed E-state index contributed by atoms with van der Waals surface area (Å²) in [6.07, 6.45) is 1.55. The molecule has 0 aromatic heterocycles. The molecule has 2 aliphatic rings. The molecule has 0 aliphatic heterocycles. The predicted molar refractivity (Wildman–Crippen MR) is 63.1 cm³/mol. The van der Waals surface area contributed by atoms with Gasteiger partial charge in [0.05, 0.1) is 10.6 Å². The summed E-state index contributed by atoms with van der Waals surface area (Å²) >= 11 is 3.35. The molecular weight excluding hydrogens is 296 g/mol. The van der Waals surface area contributed by atoms with Crippen LogP contribution in [0.5, 0.6) is 0 Å². The van der Waals surface area contributed by atoms with Crippen LogP contribution in [0.4, 0.5) is 0 Å². The highest BCUT2D eigenvalue weighted by Crippen LogP contribution is 2.65. The molecule has 1 N–H and O–H groups in total. The van der Waals surface area contributed by atoms with E-state index in [1.165, 1.54) is 0 Å². The van der Waals surface area contributed by atoms with E-state index in [4.69, 9.17) is 4.55 Å². The smallest absolute Gasteiger partial charge is 0.265 e. The number of ketones is 1. The van der Waals surface area contributed by atoms with Crippen molar-refractivity contribution < 1.29 is 17.8 Å². The summed E-state index contributed by atoms with van der Waals surface area (Å²) < 4.78 is 31.2. The van der Waals surface area contributed by atoms with Gasteiger partial charge >= 0.3 is 0 Å². The van der Waals surface area contributed by atoms with Crippen LogP contribution < -0.4 is 0 Å². The molecule has 0 aromatic carbocycles. The fraction of sp³-hybridized carbons (Fsp3) is 0.900. The zero-order valence-corrected chi connectivity index (χ0v) is 11.6. The number of carbonyl (C=O) groups is 1. The second-order valence-corrected chi connectivity index (χ2v) is 7.83. The largest absolute Gasteiger partial charge is 0.298 e. The molecule has 2 bridgehead atoms. The minimum Gasteiger partial charge on any atom is -0.298 e. The standard InChI is InChI=1S/C10H15BrO4S/c1-9-4-3-6(7(11)8(9)12)10(9,2)5-16(13,14)15/h6-7H,3-5H2,1-2H3,(H,13,14,15)/t6-,7-,9-,10+/m0/s1. The molecule has 2 saturated carbocycles. The van der Waals surface area contributed by atoms with Gasteiger partial charge in [-0.05, 0) is 18.8 Å². The Morgan fingerprint density at radius 3 is 2.44 bits per heavy atom. The minimum atomic E-state index is -4.05. The number of fused-ring (bicyclic) bond motifs is 2. The third kappa shape index (κ3) is 1.42. The van der Waals surface area contributed by atoms with Crippen LogP contribution in [0.1, 0.15) is 26.7 Å². The number of Topliss-reactive ketones (excluding diaryl/α,β-unsaturated/α-hetero) is 1. The van der Waals surface area contributed by atoms with Crippen molar-refractivity contribution in [2.75, 3.05) is 5.75 Å². The molecular formula is C10H15BrO4S. The zero-order valence-electron chi connectivity index (χ0n) is 9.23. The first-order valence-electron chi connectivity index (χ1n) is 5.25. The normalized spacial score (nSPS) is 47.6. The first-order valence-corrected chi connectivity index (χ1v) is 7.78. The summed E-state index contributed by atoms with van der Waals surface area (Å²) in [5.41, 5.74) is -1.27.